The van der Waals surface area contributed by atoms with Gasteiger partial charge < -0.3 is 5.32 Å². The zero-order valence-electron chi connectivity index (χ0n) is 13.8. The van der Waals surface area contributed by atoms with Crippen molar-refractivity contribution < 1.29 is 13.2 Å². The molecule has 0 bridgehead atoms. The average molecular weight is 401 g/mol. The number of nitrogens with zero attached hydrogens (tertiary/aromatic N) is 3. The number of thioether (sulfide) groups is 1. The van der Waals surface area contributed by atoms with Crippen LogP contribution in [-0.4, -0.2) is 47.9 Å². The molecule has 10 heteroatoms. The second kappa shape index (κ2) is 8.13. The number of pyridine rings is 2. The smallest absolute Gasteiger partial charge is 0.244 e. The van der Waals surface area contributed by atoms with Crippen molar-refractivity contribution in [3.05, 3.63) is 41.7 Å². The number of nitrogens with one attached hydrogen (secondary N) is 1. The highest BCUT2D eigenvalue weighted by molar-refractivity contribution is 8.00. The molecule has 0 spiro atoms. The minimum atomic E-state index is -3.52. The summed E-state index contributed by atoms with van der Waals surface area (Å²) in [6.45, 7) is 1.72. The normalized spacial score (nSPS) is 12.8. The van der Waals surface area contributed by atoms with Gasteiger partial charge in [0, 0.05) is 26.5 Å². The van der Waals surface area contributed by atoms with E-state index >= 15 is 0 Å². The van der Waals surface area contributed by atoms with Crippen LogP contribution in [0, 0.1) is 0 Å². The number of carbonyl (C=O) groups excluding carboxylic acids is 1. The maximum absolute atomic E-state index is 12.2. The van der Waals surface area contributed by atoms with Gasteiger partial charge >= 0.3 is 0 Å². The van der Waals surface area contributed by atoms with E-state index in [1.165, 1.54) is 44.3 Å². The van der Waals surface area contributed by atoms with Crippen molar-refractivity contribution in [1.82, 2.24) is 14.3 Å². The summed E-state index contributed by atoms with van der Waals surface area (Å²) in [6, 6.07) is 6.28. The van der Waals surface area contributed by atoms with Gasteiger partial charge in [0.2, 0.25) is 15.9 Å². The maximum atomic E-state index is 12.2. The van der Waals surface area contributed by atoms with Crippen LogP contribution in [0.25, 0.3) is 0 Å². The van der Waals surface area contributed by atoms with E-state index in [0.717, 1.165) is 4.31 Å². The van der Waals surface area contributed by atoms with Gasteiger partial charge in [0.25, 0.3) is 0 Å². The lowest BCUT2D eigenvalue weighted by Crippen LogP contribution is -2.23. The standard InChI is InChI=1S/C15H17ClN4O3S2/c1-10(15(21)19-13-6-4-11(16)8-17-13)24-14-7-5-12(9-18-14)25(22,23)20(2)3/h4-10H,1-3H3,(H,17,19,21)/t10-/m1/s1. The first kappa shape index (κ1) is 19.6. The highest BCUT2D eigenvalue weighted by Gasteiger charge is 2.19. The number of sulfonamides is 1. The summed E-state index contributed by atoms with van der Waals surface area (Å²) in [7, 11) is -0.612. The molecule has 2 aromatic heterocycles. The number of hydrogen-bond donors (Lipinski definition) is 1. The van der Waals surface area contributed by atoms with Gasteiger partial charge in [-0.05, 0) is 31.2 Å². The van der Waals surface area contributed by atoms with Crippen molar-refractivity contribution in [1.29, 1.82) is 0 Å². The van der Waals surface area contributed by atoms with Crippen LogP contribution in [0.1, 0.15) is 6.92 Å². The molecule has 0 fully saturated rings. The number of halogens is 1. The van der Waals surface area contributed by atoms with E-state index in [0.29, 0.717) is 15.9 Å². The first-order valence-electron chi connectivity index (χ1n) is 7.18. The number of anilines is 1. The summed E-state index contributed by atoms with van der Waals surface area (Å²) < 4.78 is 25.1. The minimum Gasteiger partial charge on any atom is -0.310 e. The van der Waals surface area contributed by atoms with Crippen LogP contribution in [-0.2, 0) is 14.8 Å². The summed E-state index contributed by atoms with van der Waals surface area (Å²) in [5.41, 5.74) is 0. The van der Waals surface area contributed by atoms with Gasteiger partial charge in [-0.25, -0.2) is 22.7 Å². The van der Waals surface area contributed by atoms with Gasteiger partial charge in [-0.1, -0.05) is 23.4 Å². The summed E-state index contributed by atoms with van der Waals surface area (Å²) in [6.07, 6.45) is 2.73. The van der Waals surface area contributed by atoms with Crippen molar-refractivity contribution in [2.75, 3.05) is 19.4 Å². The Morgan fingerprint density at radius 2 is 1.92 bits per heavy atom. The Balaban J connectivity index is 2.01. The zero-order valence-corrected chi connectivity index (χ0v) is 16.2. The van der Waals surface area contributed by atoms with Crippen molar-refractivity contribution in [2.24, 2.45) is 0 Å². The molecule has 0 radical (unpaired) electrons. The van der Waals surface area contributed by atoms with Crippen LogP contribution in [0.5, 0.6) is 0 Å². The van der Waals surface area contributed by atoms with E-state index in [4.69, 9.17) is 11.6 Å². The quantitative estimate of drug-likeness (QED) is 0.749. The number of amides is 1. The zero-order chi connectivity index (χ0) is 18.6. The molecule has 1 N–H and O–H groups in total. The third-order valence-corrected chi connectivity index (χ3v) is 6.21. The van der Waals surface area contributed by atoms with Gasteiger partial charge in [0.05, 0.1) is 15.3 Å². The number of rotatable bonds is 6. The van der Waals surface area contributed by atoms with Gasteiger partial charge in [0.1, 0.15) is 10.7 Å². The van der Waals surface area contributed by atoms with Crippen LogP contribution < -0.4 is 5.32 Å². The first-order chi connectivity index (χ1) is 11.7. The van der Waals surface area contributed by atoms with E-state index in [2.05, 4.69) is 15.3 Å². The Labute approximate surface area is 155 Å². The van der Waals surface area contributed by atoms with Gasteiger partial charge in [0.15, 0.2) is 0 Å². The van der Waals surface area contributed by atoms with Crippen LogP contribution in [0.4, 0.5) is 5.82 Å². The third kappa shape index (κ3) is 5.15. The predicted octanol–water partition coefficient (Wildman–Crippen LogP) is 2.50. The number of aromatic nitrogens is 2. The Morgan fingerprint density at radius 3 is 2.44 bits per heavy atom. The molecule has 0 saturated heterocycles. The van der Waals surface area contributed by atoms with E-state index in [9.17, 15) is 13.2 Å². The lowest BCUT2D eigenvalue weighted by atomic mass is 10.4. The molecule has 0 aliphatic rings. The molecule has 1 amide bonds. The summed E-state index contributed by atoms with van der Waals surface area (Å²) >= 11 is 6.97. The Kier molecular flexibility index (Phi) is 6.39. The van der Waals surface area contributed by atoms with Crippen molar-refractivity contribution in [3.63, 3.8) is 0 Å². The molecule has 0 aromatic carbocycles. The van der Waals surface area contributed by atoms with Gasteiger partial charge in [-0.15, -0.1) is 0 Å². The fraction of sp³-hybridized carbons (Fsp3) is 0.267. The van der Waals surface area contributed by atoms with Crippen LogP contribution in [0.15, 0.2) is 46.6 Å². The Morgan fingerprint density at radius 1 is 1.20 bits per heavy atom. The van der Waals surface area contributed by atoms with Gasteiger partial charge in [-0.3, -0.25) is 4.79 Å². The number of carbonyl (C=O) groups is 1. The predicted molar refractivity (Wildman–Crippen MR) is 98.3 cm³/mol. The van der Waals surface area contributed by atoms with E-state index in [-0.39, 0.29) is 10.8 Å². The van der Waals surface area contributed by atoms with Crippen LogP contribution in [0.3, 0.4) is 0 Å². The molecule has 0 aliphatic heterocycles. The molecule has 2 rings (SSSR count). The molecule has 0 unspecified atom stereocenters. The van der Waals surface area contributed by atoms with E-state index in [1.807, 2.05) is 0 Å². The van der Waals surface area contributed by atoms with Gasteiger partial charge in [-0.2, -0.15) is 0 Å². The first-order valence-corrected chi connectivity index (χ1v) is 9.87. The molecule has 0 saturated carbocycles. The number of hydrogen-bond acceptors (Lipinski definition) is 6. The lowest BCUT2D eigenvalue weighted by Gasteiger charge is -2.13. The van der Waals surface area contributed by atoms with Crippen LogP contribution in [0.2, 0.25) is 5.02 Å². The molecule has 25 heavy (non-hydrogen) atoms. The van der Waals surface area contributed by atoms with Crippen molar-refractivity contribution in [3.8, 4) is 0 Å². The van der Waals surface area contributed by atoms with Crippen LogP contribution >= 0.6 is 23.4 Å². The molecule has 7 nitrogen and oxygen atoms in total. The lowest BCUT2D eigenvalue weighted by molar-refractivity contribution is -0.115. The fourth-order valence-electron chi connectivity index (χ4n) is 1.71. The average Bonchev–Trinajstić information content (AvgIpc) is 2.57. The Bertz CT molecular complexity index is 840. The fourth-order valence-corrected chi connectivity index (χ4v) is 3.46. The molecule has 0 aliphatic carbocycles. The SMILES string of the molecule is C[C@@H](Sc1ccc(S(=O)(=O)N(C)C)cn1)C(=O)Nc1ccc(Cl)cn1. The summed E-state index contributed by atoms with van der Waals surface area (Å²) in [4.78, 5) is 20.4. The maximum Gasteiger partial charge on any atom is 0.244 e. The molecule has 1 atom stereocenters. The molecule has 2 aromatic rings. The molecule has 2 heterocycles. The topological polar surface area (TPSA) is 92.3 Å². The van der Waals surface area contributed by atoms with E-state index in [1.54, 1.807) is 25.1 Å². The van der Waals surface area contributed by atoms with Crippen molar-refractivity contribution in [2.45, 2.75) is 22.1 Å². The monoisotopic (exact) mass is 400 g/mol. The largest absolute Gasteiger partial charge is 0.310 e. The highest BCUT2D eigenvalue weighted by atomic mass is 35.5. The Hall–Kier alpha value is -1.68. The second-order valence-corrected chi connectivity index (χ2v) is 9.18. The molecular weight excluding hydrogens is 384 g/mol. The summed E-state index contributed by atoms with van der Waals surface area (Å²) in [5, 5.41) is 3.27. The van der Waals surface area contributed by atoms with Crippen molar-refractivity contribution >= 4 is 45.1 Å². The van der Waals surface area contributed by atoms with E-state index < -0.39 is 15.3 Å². The summed E-state index contributed by atoms with van der Waals surface area (Å²) in [5.74, 6) is 0.161. The molecular formula is C15H17ClN4O3S2. The highest BCUT2D eigenvalue weighted by Crippen LogP contribution is 2.23. The third-order valence-electron chi connectivity index (χ3n) is 3.13. The molecule has 134 valence electrons. The second-order valence-electron chi connectivity index (χ2n) is 5.23. The minimum absolute atomic E-state index is 0.101.